The van der Waals surface area contributed by atoms with Gasteiger partial charge in [-0.25, -0.2) is 0 Å². The van der Waals surface area contributed by atoms with Gasteiger partial charge in [0.05, 0.1) is 0 Å². The van der Waals surface area contributed by atoms with E-state index in [4.69, 9.17) is 0 Å². The van der Waals surface area contributed by atoms with Crippen LogP contribution in [-0.2, 0) is 17.0 Å². The van der Waals surface area contributed by atoms with Crippen molar-refractivity contribution in [3.8, 4) is 0 Å². The molecule has 25 heavy (non-hydrogen) atoms. The number of carbonyl (C=O) groups excluding carboxylic acids is 1. The van der Waals surface area contributed by atoms with Crippen LogP contribution in [0.25, 0.3) is 0 Å². The lowest BCUT2D eigenvalue weighted by molar-refractivity contribution is -0.116. The SMILES string of the molecule is O=C(CCc1ccccc1)Nc1ccc(SCc2cccnc2)cc1. The molecule has 0 saturated heterocycles. The number of hydrogen-bond acceptors (Lipinski definition) is 3. The van der Waals surface area contributed by atoms with Gasteiger partial charge in [-0.05, 0) is 47.9 Å². The molecule has 0 unspecified atom stereocenters. The first kappa shape index (κ1) is 17.2. The zero-order valence-electron chi connectivity index (χ0n) is 13.9. The van der Waals surface area contributed by atoms with Crippen LogP contribution in [-0.4, -0.2) is 10.9 Å². The Balaban J connectivity index is 1.46. The van der Waals surface area contributed by atoms with Crippen LogP contribution in [0.5, 0.6) is 0 Å². The number of carbonyl (C=O) groups is 1. The number of thioether (sulfide) groups is 1. The molecule has 3 nitrogen and oxygen atoms in total. The van der Waals surface area contributed by atoms with Crippen molar-refractivity contribution in [1.82, 2.24) is 4.98 Å². The van der Waals surface area contributed by atoms with E-state index in [-0.39, 0.29) is 5.91 Å². The third kappa shape index (κ3) is 5.76. The van der Waals surface area contributed by atoms with Gasteiger partial charge >= 0.3 is 0 Å². The van der Waals surface area contributed by atoms with Crippen LogP contribution in [0.4, 0.5) is 5.69 Å². The van der Waals surface area contributed by atoms with Crippen LogP contribution in [0.1, 0.15) is 17.5 Å². The molecule has 0 atom stereocenters. The number of nitrogens with one attached hydrogen (secondary N) is 1. The van der Waals surface area contributed by atoms with E-state index < -0.39 is 0 Å². The summed E-state index contributed by atoms with van der Waals surface area (Å²) in [7, 11) is 0. The highest BCUT2D eigenvalue weighted by molar-refractivity contribution is 7.98. The number of nitrogens with zero attached hydrogens (tertiary/aromatic N) is 1. The number of amides is 1. The van der Waals surface area contributed by atoms with E-state index >= 15 is 0 Å². The molecule has 0 bridgehead atoms. The van der Waals surface area contributed by atoms with Gasteiger partial charge in [0, 0.05) is 35.2 Å². The highest BCUT2D eigenvalue weighted by Gasteiger charge is 2.04. The van der Waals surface area contributed by atoms with Gasteiger partial charge in [0.1, 0.15) is 0 Å². The first-order chi connectivity index (χ1) is 12.3. The number of aromatic nitrogens is 1. The molecule has 0 aliphatic rings. The zero-order chi connectivity index (χ0) is 17.3. The van der Waals surface area contributed by atoms with Crippen molar-refractivity contribution in [2.45, 2.75) is 23.5 Å². The summed E-state index contributed by atoms with van der Waals surface area (Å²) in [6, 6.07) is 22.1. The van der Waals surface area contributed by atoms with Crippen molar-refractivity contribution in [2.75, 3.05) is 5.32 Å². The molecule has 2 aromatic carbocycles. The minimum absolute atomic E-state index is 0.0413. The van der Waals surface area contributed by atoms with Gasteiger partial charge in [-0.2, -0.15) is 0 Å². The van der Waals surface area contributed by atoms with Gasteiger partial charge in [-0.1, -0.05) is 36.4 Å². The maximum atomic E-state index is 12.1. The van der Waals surface area contributed by atoms with Crippen LogP contribution in [0.2, 0.25) is 0 Å². The molecule has 0 aliphatic carbocycles. The predicted octanol–water partition coefficient (Wildman–Crippen LogP) is 4.95. The fraction of sp³-hybridized carbons (Fsp3) is 0.143. The summed E-state index contributed by atoms with van der Waals surface area (Å²) in [5.41, 5.74) is 3.22. The third-order valence-corrected chi connectivity index (χ3v) is 4.83. The van der Waals surface area contributed by atoms with Crippen LogP contribution < -0.4 is 5.32 Å². The number of rotatable bonds is 7. The predicted molar refractivity (Wildman–Crippen MR) is 104 cm³/mol. The summed E-state index contributed by atoms with van der Waals surface area (Å²) in [5.74, 6) is 0.927. The number of benzene rings is 2. The Kier molecular flexibility index (Phi) is 6.23. The van der Waals surface area contributed by atoms with Gasteiger partial charge in [0.15, 0.2) is 0 Å². The van der Waals surface area contributed by atoms with E-state index in [0.29, 0.717) is 6.42 Å². The van der Waals surface area contributed by atoms with Gasteiger partial charge in [-0.3, -0.25) is 9.78 Å². The summed E-state index contributed by atoms with van der Waals surface area (Å²) < 4.78 is 0. The maximum Gasteiger partial charge on any atom is 0.224 e. The Labute approximate surface area is 152 Å². The molecule has 0 saturated carbocycles. The summed E-state index contributed by atoms with van der Waals surface area (Å²) in [5, 5.41) is 2.95. The van der Waals surface area contributed by atoms with Crippen LogP contribution in [0.3, 0.4) is 0 Å². The standard InChI is InChI=1S/C21H20N2OS/c24-21(13-8-17-5-2-1-3-6-17)23-19-9-11-20(12-10-19)25-16-18-7-4-14-22-15-18/h1-7,9-12,14-15H,8,13,16H2,(H,23,24). The molecule has 3 rings (SSSR count). The van der Waals surface area contributed by atoms with Crippen molar-refractivity contribution < 1.29 is 4.79 Å². The van der Waals surface area contributed by atoms with Crippen LogP contribution in [0, 0.1) is 0 Å². The van der Waals surface area contributed by atoms with Crippen LogP contribution >= 0.6 is 11.8 Å². The monoisotopic (exact) mass is 348 g/mol. The minimum atomic E-state index is 0.0413. The average Bonchev–Trinajstić information content (AvgIpc) is 2.67. The Morgan fingerprint density at radius 3 is 2.40 bits per heavy atom. The number of anilines is 1. The molecule has 0 aliphatic heterocycles. The zero-order valence-corrected chi connectivity index (χ0v) is 14.7. The second kappa shape index (κ2) is 9.04. The molecular formula is C21H20N2OS. The molecule has 0 fully saturated rings. The first-order valence-electron chi connectivity index (χ1n) is 8.25. The van der Waals surface area contributed by atoms with E-state index in [1.54, 1.807) is 18.0 Å². The Morgan fingerprint density at radius 1 is 0.920 bits per heavy atom. The Bertz CT molecular complexity index is 789. The fourth-order valence-electron chi connectivity index (χ4n) is 2.41. The first-order valence-corrected chi connectivity index (χ1v) is 9.24. The summed E-state index contributed by atoms with van der Waals surface area (Å²) >= 11 is 1.76. The van der Waals surface area contributed by atoms with Gasteiger partial charge in [0.2, 0.25) is 5.91 Å². The Morgan fingerprint density at radius 2 is 1.68 bits per heavy atom. The van der Waals surface area contributed by atoms with E-state index in [2.05, 4.69) is 16.4 Å². The molecule has 4 heteroatoms. The largest absolute Gasteiger partial charge is 0.326 e. The van der Waals surface area contributed by atoms with Crippen LogP contribution in [0.15, 0.2) is 84.0 Å². The molecule has 0 spiro atoms. The average molecular weight is 348 g/mol. The van der Waals surface area contributed by atoms with Crippen molar-refractivity contribution in [3.05, 3.63) is 90.3 Å². The summed E-state index contributed by atoms with van der Waals surface area (Å²) in [6.45, 7) is 0. The molecule has 1 amide bonds. The van der Waals surface area contributed by atoms with Crippen molar-refractivity contribution in [1.29, 1.82) is 0 Å². The number of pyridine rings is 1. The van der Waals surface area contributed by atoms with E-state index in [1.165, 1.54) is 16.0 Å². The van der Waals surface area contributed by atoms with Gasteiger partial charge in [0.25, 0.3) is 0 Å². The van der Waals surface area contributed by atoms with Crippen molar-refractivity contribution in [3.63, 3.8) is 0 Å². The lowest BCUT2D eigenvalue weighted by Crippen LogP contribution is -2.12. The lowest BCUT2D eigenvalue weighted by Gasteiger charge is -2.07. The van der Waals surface area contributed by atoms with E-state index in [0.717, 1.165) is 17.9 Å². The smallest absolute Gasteiger partial charge is 0.224 e. The van der Waals surface area contributed by atoms with E-state index in [9.17, 15) is 4.79 Å². The highest BCUT2D eigenvalue weighted by Crippen LogP contribution is 2.24. The topological polar surface area (TPSA) is 42.0 Å². The second-order valence-electron chi connectivity index (χ2n) is 5.71. The summed E-state index contributed by atoms with van der Waals surface area (Å²) in [4.78, 5) is 17.4. The normalized spacial score (nSPS) is 10.4. The number of aryl methyl sites for hydroxylation is 1. The van der Waals surface area contributed by atoms with Gasteiger partial charge < -0.3 is 5.32 Å². The van der Waals surface area contributed by atoms with Crippen molar-refractivity contribution in [2.24, 2.45) is 0 Å². The van der Waals surface area contributed by atoms with Gasteiger partial charge in [-0.15, -0.1) is 11.8 Å². The number of hydrogen-bond donors (Lipinski definition) is 1. The Hall–Kier alpha value is -2.59. The quantitative estimate of drug-likeness (QED) is 0.615. The van der Waals surface area contributed by atoms with Crippen molar-refractivity contribution >= 4 is 23.4 Å². The molecule has 0 radical (unpaired) electrons. The molecule has 1 N–H and O–H groups in total. The molecule has 3 aromatic rings. The lowest BCUT2D eigenvalue weighted by atomic mass is 10.1. The molecule has 1 aromatic heterocycles. The third-order valence-electron chi connectivity index (χ3n) is 3.75. The highest BCUT2D eigenvalue weighted by atomic mass is 32.2. The minimum Gasteiger partial charge on any atom is -0.326 e. The molecule has 126 valence electrons. The summed E-state index contributed by atoms with van der Waals surface area (Å²) in [6.07, 6.45) is 4.91. The second-order valence-corrected chi connectivity index (χ2v) is 6.76. The molecule has 1 heterocycles. The van der Waals surface area contributed by atoms with E-state index in [1.807, 2.05) is 66.9 Å². The maximum absolute atomic E-state index is 12.1. The molecular weight excluding hydrogens is 328 g/mol. The fourth-order valence-corrected chi connectivity index (χ4v) is 3.24.